The molecule has 0 fully saturated rings. The molecule has 4 aromatic rings. The lowest BCUT2D eigenvalue weighted by Gasteiger charge is -2.22. The van der Waals surface area contributed by atoms with Crippen LogP contribution in [0, 0.1) is 0 Å². The van der Waals surface area contributed by atoms with Gasteiger partial charge in [-0.25, -0.2) is 4.79 Å². The maximum Gasteiger partial charge on any atom is 0.408 e. The molecule has 0 spiro atoms. The number of hydrogen-bond donors (Lipinski definition) is 1. The van der Waals surface area contributed by atoms with Crippen LogP contribution in [0.2, 0.25) is 5.02 Å². The third kappa shape index (κ3) is 6.25. The number of benzene rings is 2. The smallest absolute Gasteiger partial charge is 0.408 e. The molecule has 2 aromatic carbocycles. The van der Waals surface area contributed by atoms with E-state index in [2.05, 4.69) is 15.5 Å². The number of thioether (sulfide) groups is 1. The first-order valence-corrected chi connectivity index (χ1v) is 12.6. The first kappa shape index (κ1) is 23.5. The van der Waals surface area contributed by atoms with Crippen LogP contribution in [-0.2, 0) is 16.9 Å². The fraction of sp³-hybridized carbons (Fsp3) is 0.304. The molecule has 33 heavy (non-hydrogen) atoms. The van der Waals surface area contributed by atoms with Crippen LogP contribution in [0.15, 0.2) is 58.9 Å². The number of rotatable bonds is 7. The number of aromatic nitrogens is 4. The van der Waals surface area contributed by atoms with Crippen molar-refractivity contribution in [2.75, 3.05) is 0 Å². The van der Waals surface area contributed by atoms with E-state index in [0.717, 1.165) is 20.5 Å². The average molecular weight is 502 g/mol. The van der Waals surface area contributed by atoms with Crippen LogP contribution >= 0.6 is 34.7 Å². The molecule has 0 aliphatic carbocycles. The SMILES string of the molecule is CC(C)(C)OC(=O)NC(Cc1ccccc1)c1nnc2sc(SCc3ccccc3Cl)nn12. The fourth-order valence-electron chi connectivity index (χ4n) is 3.15. The first-order valence-electron chi connectivity index (χ1n) is 10.4. The molecule has 7 nitrogen and oxygen atoms in total. The molecule has 1 atom stereocenters. The van der Waals surface area contributed by atoms with Crippen molar-refractivity contribution < 1.29 is 9.53 Å². The highest BCUT2D eigenvalue weighted by Gasteiger charge is 2.26. The fourth-order valence-corrected chi connectivity index (χ4v) is 5.32. The summed E-state index contributed by atoms with van der Waals surface area (Å²) < 4.78 is 8.02. The maximum absolute atomic E-state index is 12.6. The van der Waals surface area contributed by atoms with Gasteiger partial charge >= 0.3 is 6.09 Å². The number of hydrogen-bond acceptors (Lipinski definition) is 7. The Bertz CT molecular complexity index is 1240. The summed E-state index contributed by atoms with van der Waals surface area (Å²) in [5.41, 5.74) is 1.49. The van der Waals surface area contributed by atoms with E-state index >= 15 is 0 Å². The van der Waals surface area contributed by atoms with Gasteiger partial charge in [0.25, 0.3) is 0 Å². The van der Waals surface area contributed by atoms with Crippen LogP contribution in [0.4, 0.5) is 4.79 Å². The summed E-state index contributed by atoms with van der Waals surface area (Å²) in [6, 6.07) is 17.2. The lowest BCUT2D eigenvalue weighted by molar-refractivity contribution is 0.0500. The quantitative estimate of drug-likeness (QED) is 0.315. The van der Waals surface area contributed by atoms with E-state index in [1.54, 1.807) is 16.3 Å². The Kier molecular flexibility index (Phi) is 7.21. The van der Waals surface area contributed by atoms with Gasteiger partial charge in [-0.15, -0.1) is 15.3 Å². The van der Waals surface area contributed by atoms with Gasteiger partial charge in [-0.1, -0.05) is 83.2 Å². The molecule has 1 N–H and O–H groups in total. The second kappa shape index (κ2) is 10.1. The minimum Gasteiger partial charge on any atom is -0.444 e. The summed E-state index contributed by atoms with van der Waals surface area (Å²) in [6.45, 7) is 5.49. The third-order valence-electron chi connectivity index (χ3n) is 4.59. The Morgan fingerprint density at radius 1 is 1.15 bits per heavy atom. The monoisotopic (exact) mass is 501 g/mol. The zero-order chi connectivity index (χ0) is 23.4. The van der Waals surface area contributed by atoms with Crippen molar-refractivity contribution in [1.29, 1.82) is 0 Å². The predicted octanol–water partition coefficient (Wildman–Crippen LogP) is 5.94. The normalized spacial score (nSPS) is 12.6. The van der Waals surface area contributed by atoms with Gasteiger partial charge in [0.05, 0.1) is 6.04 Å². The van der Waals surface area contributed by atoms with Crippen LogP contribution in [0.25, 0.3) is 4.96 Å². The van der Waals surface area contributed by atoms with E-state index < -0.39 is 17.7 Å². The Balaban J connectivity index is 1.57. The molecule has 2 heterocycles. The van der Waals surface area contributed by atoms with E-state index in [4.69, 9.17) is 21.4 Å². The molecule has 0 saturated carbocycles. The van der Waals surface area contributed by atoms with Crippen molar-refractivity contribution >= 4 is 45.8 Å². The molecule has 1 amide bonds. The van der Waals surface area contributed by atoms with Crippen molar-refractivity contribution in [3.05, 3.63) is 76.6 Å². The summed E-state index contributed by atoms with van der Waals surface area (Å²) in [5, 5.41) is 17.0. The van der Waals surface area contributed by atoms with Gasteiger partial charge in [-0.2, -0.15) is 4.52 Å². The largest absolute Gasteiger partial charge is 0.444 e. The first-order chi connectivity index (χ1) is 15.8. The highest BCUT2D eigenvalue weighted by Crippen LogP contribution is 2.31. The summed E-state index contributed by atoms with van der Waals surface area (Å²) in [4.78, 5) is 13.2. The molecule has 0 aliphatic rings. The van der Waals surface area contributed by atoms with Crippen LogP contribution in [0.1, 0.15) is 43.8 Å². The lowest BCUT2D eigenvalue weighted by atomic mass is 10.1. The van der Waals surface area contributed by atoms with Crippen molar-refractivity contribution in [3.8, 4) is 0 Å². The molecule has 0 aliphatic heterocycles. The van der Waals surface area contributed by atoms with Crippen molar-refractivity contribution in [2.24, 2.45) is 0 Å². The van der Waals surface area contributed by atoms with E-state index in [1.807, 2.05) is 75.4 Å². The summed E-state index contributed by atoms with van der Waals surface area (Å²) in [5.74, 6) is 1.25. The van der Waals surface area contributed by atoms with Gasteiger partial charge in [0.15, 0.2) is 10.2 Å². The minimum atomic E-state index is -0.606. The van der Waals surface area contributed by atoms with Gasteiger partial charge in [0, 0.05) is 17.2 Å². The molecule has 0 radical (unpaired) electrons. The lowest BCUT2D eigenvalue weighted by Crippen LogP contribution is -2.36. The molecule has 0 bridgehead atoms. The number of alkyl carbamates (subject to hydrolysis) is 1. The Labute approximate surface area is 205 Å². The molecule has 1 unspecified atom stereocenters. The van der Waals surface area contributed by atoms with Gasteiger partial charge in [-0.3, -0.25) is 0 Å². The zero-order valence-electron chi connectivity index (χ0n) is 18.5. The van der Waals surface area contributed by atoms with Crippen LogP contribution in [0.5, 0.6) is 0 Å². The number of nitrogens with zero attached hydrogens (tertiary/aromatic N) is 4. The molecular formula is C23H24ClN5O2S2. The number of amides is 1. The van der Waals surface area contributed by atoms with E-state index in [0.29, 0.717) is 23.0 Å². The standard InChI is InChI=1S/C23H24ClN5O2S2/c1-23(2,3)31-21(30)25-18(13-15-9-5-4-6-10-15)19-26-27-20-29(19)28-22(33-20)32-14-16-11-7-8-12-17(16)24/h4-12,18H,13-14H2,1-3H3,(H,25,30). The minimum absolute atomic E-state index is 0.458. The van der Waals surface area contributed by atoms with Gasteiger partial charge in [-0.05, 0) is 38.0 Å². The molecule has 10 heteroatoms. The van der Waals surface area contributed by atoms with Crippen molar-refractivity contribution in [1.82, 2.24) is 25.1 Å². The average Bonchev–Trinajstić information content (AvgIpc) is 3.32. The topological polar surface area (TPSA) is 81.4 Å². The van der Waals surface area contributed by atoms with Gasteiger partial charge < -0.3 is 10.1 Å². The van der Waals surface area contributed by atoms with E-state index in [1.165, 1.54) is 11.3 Å². The Morgan fingerprint density at radius 2 is 1.88 bits per heavy atom. The summed E-state index contributed by atoms with van der Waals surface area (Å²) >= 11 is 9.31. The van der Waals surface area contributed by atoms with Crippen LogP contribution < -0.4 is 5.32 Å². The number of nitrogens with one attached hydrogen (secondary N) is 1. The number of fused-ring (bicyclic) bond motifs is 1. The highest BCUT2D eigenvalue weighted by atomic mass is 35.5. The summed E-state index contributed by atoms with van der Waals surface area (Å²) in [6.07, 6.45) is 0.0178. The number of halogens is 1. The molecule has 2 aromatic heterocycles. The van der Waals surface area contributed by atoms with Crippen molar-refractivity contribution in [3.63, 3.8) is 0 Å². The number of carbonyl (C=O) groups excluding carboxylic acids is 1. The van der Waals surface area contributed by atoms with Crippen LogP contribution in [0.3, 0.4) is 0 Å². The van der Waals surface area contributed by atoms with E-state index in [-0.39, 0.29) is 0 Å². The molecule has 4 rings (SSSR count). The molecule has 172 valence electrons. The molecular weight excluding hydrogens is 478 g/mol. The third-order valence-corrected chi connectivity index (χ3v) is 7.04. The number of ether oxygens (including phenoxy) is 1. The number of carbonyl (C=O) groups is 1. The van der Waals surface area contributed by atoms with Gasteiger partial charge in [0.1, 0.15) is 5.60 Å². The second-order valence-electron chi connectivity index (χ2n) is 8.39. The zero-order valence-corrected chi connectivity index (χ0v) is 20.9. The Hall–Kier alpha value is -2.62. The summed E-state index contributed by atoms with van der Waals surface area (Å²) in [7, 11) is 0. The van der Waals surface area contributed by atoms with E-state index in [9.17, 15) is 4.79 Å². The second-order valence-corrected chi connectivity index (χ2v) is 11.0. The highest BCUT2D eigenvalue weighted by molar-refractivity contribution is 8.00. The Morgan fingerprint density at radius 3 is 2.61 bits per heavy atom. The van der Waals surface area contributed by atoms with Crippen LogP contribution in [-0.4, -0.2) is 31.5 Å². The molecule has 0 saturated heterocycles. The van der Waals surface area contributed by atoms with Gasteiger partial charge in [0.2, 0.25) is 4.96 Å². The predicted molar refractivity (Wildman–Crippen MR) is 132 cm³/mol. The maximum atomic E-state index is 12.6. The van der Waals surface area contributed by atoms with Crippen molar-refractivity contribution in [2.45, 2.75) is 48.9 Å².